The first kappa shape index (κ1) is 30.0. The molecule has 0 saturated carbocycles. The number of carboxylic acid groups (broad SMARTS) is 5. The van der Waals surface area contributed by atoms with Gasteiger partial charge in [-0.3, -0.25) is 19.2 Å². The number of hydrogen-bond donors (Lipinski definition) is 6. The third-order valence-corrected chi connectivity index (χ3v) is 2.82. The number of carbonyl (C=O) groups is 6. The van der Waals surface area contributed by atoms with Gasteiger partial charge in [0.25, 0.3) is 0 Å². The summed E-state index contributed by atoms with van der Waals surface area (Å²) in [7, 11) is 0. The predicted octanol–water partition coefficient (Wildman–Crippen LogP) is -2.02. The second-order valence-electron chi connectivity index (χ2n) is 5.00. The number of ether oxygens (including phenoxy) is 1. The van der Waals surface area contributed by atoms with Crippen LogP contribution in [0.5, 0.6) is 0 Å². The summed E-state index contributed by atoms with van der Waals surface area (Å²) in [4.78, 5) is 66.2. The molecule has 162 valence electrons. The molecule has 0 aromatic rings. The monoisotopic (exact) mass is 580 g/mol. The van der Waals surface area contributed by atoms with E-state index in [0.717, 1.165) is 0 Å². The van der Waals surface area contributed by atoms with Crippen molar-refractivity contribution in [2.45, 2.75) is 36.9 Å². The Hall–Kier alpha value is -1.74. The van der Waals surface area contributed by atoms with Gasteiger partial charge in [-0.2, -0.15) is 0 Å². The Kier molecular flexibility index (Phi) is 13.2. The van der Waals surface area contributed by atoms with E-state index in [9.17, 15) is 33.9 Å². The Labute approximate surface area is 181 Å². The van der Waals surface area contributed by atoms with E-state index in [1.54, 1.807) is 0 Å². The molecule has 0 bridgehead atoms. The van der Waals surface area contributed by atoms with Gasteiger partial charge in [-0.1, -0.05) is 0 Å². The minimum Gasteiger partial charge on any atom is -0.481 e. The fourth-order valence-electron chi connectivity index (χ4n) is 1.80. The molecule has 0 rings (SSSR count). The van der Waals surface area contributed by atoms with Gasteiger partial charge in [-0.05, 0) is 0 Å². The Morgan fingerprint density at radius 1 is 0.630 bits per heavy atom. The van der Waals surface area contributed by atoms with Crippen molar-refractivity contribution in [2.75, 3.05) is 0 Å². The van der Waals surface area contributed by atoms with Gasteiger partial charge >= 0.3 is 35.8 Å². The van der Waals surface area contributed by atoms with E-state index in [-0.39, 0.29) is 44.8 Å². The van der Waals surface area contributed by atoms with E-state index >= 15 is 0 Å². The van der Waals surface area contributed by atoms with Crippen LogP contribution in [0.1, 0.15) is 25.7 Å². The number of aliphatic carboxylic acids is 5. The normalized spacial score (nSPS) is 10.6. The van der Waals surface area contributed by atoms with Crippen molar-refractivity contribution in [3.63, 3.8) is 0 Å². The molecular weight excluding hydrogens is 568 g/mol. The molecule has 27 heavy (non-hydrogen) atoms. The maximum Gasteiger partial charge on any atom is 0.349 e. The molecule has 15 heteroatoms. The molecule has 0 amide bonds. The number of aliphatic hydroxyl groups is 1. The molecule has 0 aliphatic rings. The minimum atomic E-state index is -3.24. The Morgan fingerprint density at radius 2 is 0.926 bits per heavy atom. The van der Waals surface area contributed by atoms with Crippen molar-refractivity contribution in [3.05, 3.63) is 0 Å². The maximum absolute atomic E-state index is 12.0. The Balaban J connectivity index is -0.00000288. The Bertz CT molecular complexity index is 582. The summed E-state index contributed by atoms with van der Waals surface area (Å²) in [5, 5.41) is 53.7. The largest absolute Gasteiger partial charge is 0.481 e. The molecule has 6 N–H and O–H groups in total. The van der Waals surface area contributed by atoms with Crippen LogP contribution < -0.4 is 0 Å². The molecule has 0 aromatic heterocycles. The molecule has 0 atom stereocenters. The second-order valence-corrected chi connectivity index (χ2v) is 5.00. The summed E-state index contributed by atoms with van der Waals surface area (Å²) in [6.45, 7) is 0. The van der Waals surface area contributed by atoms with E-state index in [0.29, 0.717) is 0 Å². The van der Waals surface area contributed by atoms with E-state index < -0.39 is 72.7 Å². The standard InChI is InChI=1S/C12H14O13.2Ag/c13-5(14)1-11(24,2-6(15)16)10(23)25-12(9(21)22,3-7(17)18)4-8(19)20;;/h24H,1-4H2,(H,13,14)(H,15,16)(H,17,18)(H,19,20)(H,21,22);;. The quantitative estimate of drug-likeness (QED) is 0.114. The Morgan fingerprint density at radius 3 is 1.15 bits per heavy atom. The number of hydrogen-bond acceptors (Lipinski definition) is 8. The average Bonchev–Trinajstić information content (AvgIpc) is 2.34. The molecule has 0 heterocycles. The zero-order valence-corrected chi connectivity index (χ0v) is 15.9. The van der Waals surface area contributed by atoms with Crippen molar-refractivity contribution in [1.29, 1.82) is 0 Å². The van der Waals surface area contributed by atoms with Crippen LogP contribution in [-0.2, 0) is 78.3 Å². The van der Waals surface area contributed by atoms with Crippen molar-refractivity contribution in [2.24, 2.45) is 0 Å². The summed E-state index contributed by atoms with van der Waals surface area (Å²) in [6, 6.07) is 0. The summed E-state index contributed by atoms with van der Waals surface area (Å²) in [5.41, 5.74) is -6.42. The van der Waals surface area contributed by atoms with Crippen LogP contribution in [0.3, 0.4) is 0 Å². The zero-order chi connectivity index (χ0) is 20.0. The van der Waals surface area contributed by atoms with Crippen LogP contribution in [0.25, 0.3) is 0 Å². The molecular formula is C12H14Ag2O13. The minimum absolute atomic E-state index is 0. The first-order valence-corrected chi connectivity index (χ1v) is 6.30. The number of carboxylic acids is 5. The first-order chi connectivity index (χ1) is 11.2. The average molecular weight is 582 g/mol. The van der Waals surface area contributed by atoms with Crippen LogP contribution in [-0.4, -0.2) is 77.7 Å². The predicted molar refractivity (Wildman–Crippen MR) is 70.4 cm³/mol. The van der Waals surface area contributed by atoms with Crippen LogP contribution in [0.2, 0.25) is 0 Å². The van der Waals surface area contributed by atoms with Crippen LogP contribution in [0, 0.1) is 0 Å². The number of rotatable bonds is 11. The van der Waals surface area contributed by atoms with Gasteiger partial charge in [0.05, 0.1) is 25.7 Å². The van der Waals surface area contributed by atoms with E-state index in [1.807, 2.05) is 0 Å². The third kappa shape index (κ3) is 9.67. The first-order valence-electron chi connectivity index (χ1n) is 6.30. The summed E-state index contributed by atoms with van der Waals surface area (Å²) in [5.74, 6) is -11.7. The molecule has 0 spiro atoms. The SMILES string of the molecule is O=C(O)CC(O)(CC(=O)O)C(=O)OC(CC(=O)O)(CC(=O)O)C(=O)O.[Ag].[Ag]. The number of esters is 1. The van der Waals surface area contributed by atoms with Crippen LogP contribution in [0.4, 0.5) is 0 Å². The zero-order valence-electron chi connectivity index (χ0n) is 13.0. The molecule has 0 aliphatic carbocycles. The fraction of sp³-hybridized carbons (Fsp3) is 0.500. The van der Waals surface area contributed by atoms with Crippen LogP contribution in [0.15, 0.2) is 0 Å². The van der Waals surface area contributed by atoms with Crippen molar-refractivity contribution < 1.29 is 109 Å². The summed E-state index contributed by atoms with van der Waals surface area (Å²) >= 11 is 0. The molecule has 0 fully saturated rings. The third-order valence-electron chi connectivity index (χ3n) is 2.82. The molecule has 2 radical (unpaired) electrons. The van der Waals surface area contributed by atoms with Gasteiger partial charge in [0.2, 0.25) is 5.60 Å². The molecule has 0 unspecified atom stereocenters. The topological polar surface area (TPSA) is 233 Å². The van der Waals surface area contributed by atoms with Gasteiger partial charge in [-0.15, -0.1) is 0 Å². The maximum atomic E-state index is 12.0. The van der Waals surface area contributed by atoms with Crippen LogP contribution >= 0.6 is 0 Å². The van der Waals surface area contributed by atoms with Gasteiger partial charge in [-0.25, -0.2) is 9.59 Å². The van der Waals surface area contributed by atoms with Gasteiger partial charge in [0, 0.05) is 44.8 Å². The van der Waals surface area contributed by atoms with E-state index in [2.05, 4.69) is 4.74 Å². The fourth-order valence-corrected chi connectivity index (χ4v) is 1.80. The molecule has 0 aliphatic heterocycles. The van der Waals surface area contributed by atoms with Crippen molar-refractivity contribution >= 4 is 35.8 Å². The second kappa shape index (κ2) is 11.9. The summed E-state index contributed by atoms with van der Waals surface area (Å²) in [6.07, 6.45) is -6.07. The van der Waals surface area contributed by atoms with E-state index in [4.69, 9.17) is 25.5 Å². The van der Waals surface area contributed by atoms with Crippen molar-refractivity contribution in [3.8, 4) is 0 Å². The van der Waals surface area contributed by atoms with E-state index in [1.165, 1.54) is 0 Å². The van der Waals surface area contributed by atoms with Crippen molar-refractivity contribution in [1.82, 2.24) is 0 Å². The molecule has 13 nitrogen and oxygen atoms in total. The molecule has 0 aromatic carbocycles. The summed E-state index contributed by atoms with van der Waals surface area (Å²) < 4.78 is 4.31. The number of carbonyl (C=O) groups excluding carboxylic acids is 1. The van der Waals surface area contributed by atoms with Gasteiger partial charge in [0.15, 0.2) is 5.60 Å². The van der Waals surface area contributed by atoms with Gasteiger partial charge < -0.3 is 35.4 Å². The molecule has 0 saturated heterocycles. The smallest absolute Gasteiger partial charge is 0.349 e. The van der Waals surface area contributed by atoms with Gasteiger partial charge in [0.1, 0.15) is 0 Å².